The Balaban J connectivity index is 2.14. The van der Waals surface area contributed by atoms with Crippen molar-refractivity contribution in [1.29, 1.82) is 0 Å². The maximum Gasteiger partial charge on any atom is 0.128 e. The van der Waals surface area contributed by atoms with E-state index in [4.69, 9.17) is 14.4 Å². The zero-order chi connectivity index (χ0) is 12.1. The highest BCUT2D eigenvalue weighted by Gasteiger charge is 2.45. The van der Waals surface area contributed by atoms with Crippen molar-refractivity contribution in [2.24, 2.45) is 0 Å². The summed E-state index contributed by atoms with van der Waals surface area (Å²) in [6, 6.07) is 0. The van der Waals surface area contributed by atoms with Crippen LogP contribution in [0.3, 0.4) is 0 Å². The maximum absolute atomic E-state index is 5.43. The first-order chi connectivity index (χ1) is 8.33. The Bertz CT molecular complexity index is 224. The Morgan fingerprint density at radius 3 is 2.24 bits per heavy atom. The van der Waals surface area contributed by atoms with Crippen LogP contribution in [0.2, 0.25) is 0 Å². The molecule has 100 valence electrons. The van der Waals surface area contributed by atoms with Crippen molar-refractivity contribution in [3.63, 3.8) is 0 Å². The molecule has 6 nitrogen and oxygen atoms in total. The number of hydrogen-bond donors (Lipinski definition) is 1. The third kappa shape index (κ3) is 2.62. The van der Waals surface area contributed by atoms with Gasteiger partial charge in [-0.3, -0.25) is 14.6 Å². The molecule has 0 aromatic heterocycles. The first-order valence-electron chi connectivity index (χ1n) is 6.25. The number of rotatable bonds is 4. The number of piperidine rings is 1. The second-order valence-corrected chi connectivity index (χ2v) is 4.45. The van der Waals surface area contributed by atoms with Crippen LogP contribution in [-0.2, 0) is 14.4 Å². The molecule has 0 aliphatic carbocycles. The van der Waals surface area contributed by atoms with Gasteiger partial charge in [-0.15, -0.1) is 0 Å². The quantitative estimate of drug-likeness (QED) is 0.694. The van der Waals surface area contributed by atoms with Gasteiger partial charge in [0.2, 0.25) is 0 Å². The molecule has 0 aromatic carbocycles. The Morgan fingerprint density at radius 1 is 1.12 bits per heavy atom. The monoisotopic (exact) mass is 245 g/mol. The zero-order valence-corrected chi connectivity index (χ0v) is 10.8. The van der Waals surface area contributed by atoms with Gasteiger partial charge in [-0.2, -0.15) is 0 Å². The molecule has 0 saturated carbocycles. The van der Waals surface area contributed by atoms with Crippen molar-refractivity contribution >= 4 is 0 Å². The van der Waals surface area contributed by atoms with E-state index in [1.807, 2.05) is 0 Å². The van der Waals surface area contributed by atoms with Crippen LogP contribution < -0.4 is 5.32 Å². The minimum absolute atomic E-state index is 0.154. The van der Waals surface area contributed by atoms with Gasteiger partial charge in [0.05, 0.1) is 27.4 Å². The molecule has 0 radical (unpaired) electrons. The van der Waals surface area contributed by atoms with Crippen LogP contribution in [0.15, 0.2) is 0 Å². The molecule has 0 aromatic rings. The fraction of sp³-hybridized carbons (Fsp3) is 1.00. The Labute approximate surface area is 103 Å². The van der Waals surface area contributed by atoms with E-state index in [2.05, 4.69) is 10.2 Å². The molecule has 2 aliphatic heterocycles. The predicted molar refractivity (Wildman–Crippen MR) is 63.1 cm³/mol. The molecular formula is C11H23N3O3. The number of morpholine rings is 1. The van der Waals surface area contributed by atoms with Crippen molar-refractivity contribution in [3.05, 3.63) is 0 Å². The minimum atomic E-state index is -0.154. The zero-order valence-electron chi connectivity index (χ0n) is 10.8. The van der Waals surface area contributed by atoms with Crippen molar-refractivity contribution in [2.75, 3.05) is 53.6 Å². The van der Waals surface area contributed by atoms with E-state index in [-0.39, 0.29) is 5.66 Å². The average Bonchev–Trinajstić information content (AvgIpc) is 2.42. The van der Waals surface area contributed by atoms with E-state index in [9.17, 15) is 0 Å². The molecular weight excluding hydrogens is 222 g/mol. The summed E-state index contributed by atoms with van der Waals surface area (Å²) in [6.45, 7) is 5.42. The minimum Gasteiger partial charge on any atom is -0.379 e. The SMILES string of the molecule is CON(OC)C1(N2CCOCC2)CCNCC1. The van der Waals surface area contributed by atoms with Crippen LogP contribution in [-0.4, -0.2) is 69.4 Å². The van der Waals surface area contributed by atoms with Crippen LogP contribution in [0.4, 0.5) is 0 Å². The molecule has 0 spiro atoms. The van der Waals surface area contributed by atoms with Crippen LogP contribution in [0.5, 0.6) is 0 Å². The van der Waals surface area contributed by atoms with E-state index >= 15 is 0 Å². The van der Waals surface area contributed by atoms with E-state index in [1.54, 1.807) is 19.4 Å². The second kappa shape index (κ2) is 6.08. The van der Waals surface area contributed by atoms with Crippen LogP contribution in [0, 0.1) is 0 Å². The van der Waals surface area contributed by atoms with Crippen molar-refractivity contribution in [2.45, 2.75) is 18.5 Å². The summed E-state index contributed by atoms with van der Waals surface area (Å²) in [7, 11) is 3.32. The smallest absolute Gasteiger partial charge is 0.128 e. The molecule has 2 rings (SSSR count). The van der Waals surface area contributed by atoms with Gasteiger partial charge in [-0.05, 0) is 31.2 Å². The third-order valence-corrected chi connectivity index (χ3v) is 3.68. The molecule has 6 heteroatoms. The van der Waals surface area contributed by atoms with Gasteiger partial charge in [0.15, 0.2) is 0 Å². The normalized spacial score (nSPS) is 26.3. The molecule has 0 atom stereocenters. The summed E-state index contributed by atoms with van der Waals surface area (Å²) in [5.74, 6) is 0. The van der Waals surface area contributed by atoms with Gasteiger partial charge >= 0.3 is 0 Å². The fourth-order valence-electron chi connectivity index (χ4n) is 2.84. The first-order valence-corrected chi connectivity index (χ1v) is 6.25. The lowest BCUT2D eigenvalue weighted by Gasteiger charge is -2.51. The van der Waals surface area contributed by atoms with Crippen LogP contribution in [0.25, 0.3) is 0 Å². The van der Waals surface area contributed by atoms with Gasteiger partial charge < -0.3 is 10.1 Å². The summed E-state index contributed by atoms with van der Waals surface area (Å²) in [5.41, 5.74) is -0.154. The Morgan fingerprint density at radius 2 is 1.71 bits per heavy atom. The second-order valence-electron chi connectivity index (χ2n) is 4.45. The largest absolute Gasteiger partial charge is 0.379 e. The topological polar surface area (TPSA) is 46.2 Å². The van der Waals surface area contributed by atoms with Gasteiger partial charge in [0, 0.05) is 13.1 Å². The number of hydroxylamine groups is 2. The summed E-state index contributed by atoms with van der Waals surface area (Å²) >= 11 is 0. The highest BCUT2D eigenvalue weighted by atomic mass is 16.9. The lowest BCUT2D eigenvalue weighted by Crippen LogP contribution is -2.65. The van der Waals surface area contributed by atoms with Gasteiger partial charge in [0.1, 0.15) is 5.66 Å². The third-order valence-electron chi connectivity index (χ3n) is 3.68. The lowest BCUT2D eigenvalue weighted by molar-refractivity contribution is -0.423. The standard InChI is InChI=1S/C11H23N3O3/c1-15-14(16-2)11(3-5-12-6-4-11)13-7-9-17-10-8-13/h12H,3-10H2,1-2H3. The average molecular weight is 245 g/mol. The molecule has 0 amide bonds. The highest BCUT2D eigenvalue weighted by Crippen LogP contribution is 2.31. The first kappa shape index (κ1) is 13.2. The van der Waals surface area contributed by atoms with E-state index in [1.165, 1.54) is 0 Å². The maximum atomic E-state index is 5.43. The predicted octanol–water partition coefficient (Wildman–Crippen LogP) is -0.177. The summed E-state index contributed by atoms with van der Waals surface area (Å²) in [4.78, 5) is 13.2. The van der Waals surface area contributed by atoms with Crippen molar-refractivity contribution in [3.8, 4) is 0 Å². The van der Waals surface area contributed by atoms with Crippen molar-refractivity contribution < 1.29 is 14.4 Å². The fourth-order valence-corrected chi connectivity index (χ4v) is 2.84. The molecule has 2 saturated heterocycles. The highest BCUT2D eigenvalue weighted by molar-refractivity contribution is 4.91. The number of ether oxygens (including phenoxy) is 1. The molecule has 2 fully saturated rings. The molecule has 2 heterocycles. The van der Waals surface area contributed by atoms with Gasteiger partial charge in [0.25, 0.3) is 0 Å². The molecule has 0 unspecified atom stereocenters. The molecule has 17 heavy (non-hydrogen) atoms. The van der Waals surface area contributed by atoms with Crippen LogP contribution >= 0.6 is 0 Å². The molecule has 0 bridgehead atoms. The van der Waals surface area contributed by atoms with Gasteiger partial charge in [-0.1, -0.05) is 0 Å². The number of nitrogens with zero attached hydrogens (tertiary/aromatic N) is 2. The van der Waals surface area contributed by atoms with Gasteiger partial charge in [-0.25, -0.2) is 0 Å². The molecule has 1 N–H and O–H groups in total. The van der Waals surface area contributed by atoms with Crippen LogP contribution in [0.1, 0.15) is 12.8 Å². The van der Waals surface area contributed by atoms with E-state index in [0.29, 0.717) is 0 Å². The summed E-state index contributed by atoms with van der Waals surface area (Å²) in [5, 5.41) is 5.04. The van der Waals surface area contributed by atoms with Crippen molar-refractivity contribution in [1.82, 2.24) is 15.4 Å². The molecule has 2 aliphatic rings. The summed E-state index contributed by atoms with van der Waals surface area (Å²) < 4.78 is 5.43. The van der Waals surface area contributed by atoms with E-state index in [0.717, 1.165) is 52.2 Å². The summed E-state index contributed by atoms with van der Waals surface area (Å²) in [6.07, 6.45) is 1.99. The number of hydrogen-bond acceptors (Lipinski definition) is 6. The van der Waals surface area contributed by atoms with E-state index < -0.39 is 0 Å². The lowest BCUT2D eigenvalue weighted by atomic mass is 9.96. The Hall–Kier alpha value is -0.240. The Kier molecular flexibility index (Phi) is 4.72. The number of nitrogens with one attached hydrogen (secondary N) is 1.